The van der Waals surface area contributed by atoms with Crippen LogP contribution in [0.25, 0.3) is 0 Å². The molecule has 1 aromatic rings. The molecule has 1 rings (SSSR count). The lowest BCUT2D eigenvalue weighted by Gasteiger charge is -2.03. The number of benzene rings is 1. The number of carbonyl (C=O) groups excluding carboxylic acids is 1. The molecule has 0 spiro atoms. The standard InChI is InChI=1S/C11H14O4S/c1-3-15-10-6-4-9(5-7-10)11(12)8-16(2,13)14/h4-7H,3,8H2,1-2H3. The van der Waals surface area contributed by atoms with Crippen molar-refractivity contribution in [2.45, 2.75) is 6.92 Å². The molecule has 0 radical (unpaired) electrons. The van der Waals surface area contributed by atoms with Gasteiger partial charge in [-0.2, -0.15) is 0 Å². The number of Topliss-reactive ketones (excluding diaryl/α,β-unsaturated/α-hetero) is 1. The zero-order valence-corrected chi connectivity index (χ0v) is 10.1. The quantitative estimate of drug-likeness (QED) is 0.730. The highest BCUT2D eigenvalue weighted by atomic mass is 32.2. The number of sulfone groups is 1. The molecule has 0 saturated carbocycles. The molecule has 5 heteroatoms. The maximum Gasteiger partial charge on any atom is 0.177 e. The third kappa shape index (κ3) is 4.02. The van der Waals surface area contributed by atoms with Gasteiger partial charge in [-0.3, -0.25) is 4.79 Å². The fraction of sp³-hybridized carbons (Fsp3) is 0.364. The smallest absolute Gasteiger partial charge is 0.177 e. The summed E-state index contributed by atoms with van der Waals surface area (Å²) in [7, 11) is -3.27. The molecule has 0 saturated heterocycles. The fourth-order valence-electron chi connectivity index (χ4n) is 1.23. The van der Waals surface area contributed by atoms with E-state index < -0.39 is 21.4 Å². The molecule has 0 atom stereocenters. The van der Waals surface area contributed by atoms with Crippen molar-refractivity contribution in [3.8, 4) is 5.75 Å². The summed E-state index contributed by atoms with van der Waals surface area (Å²) in [4.78, 5) is 11.5. The Balaban J connectivity index is 2.78. The van der Waals surface area contributed by atoms with Gasteiger partial charge in [0, 0.05) is 11.8 Å². The summed E-state index contributed by atoms with van der Waals surface area (Å²) in [5, 5.41) is 0. The first-order valence-corrected chi connectivity index (χ1v) is 6.92. The highest BCUT2D eigenvalue weighted by molar-refractivity contribution is 7.91. The highest BCUT2D eigenvalue weighted by Crippen LogP contribution is 2.12. The summed E-state index contributed by atoms with van der Waals surface area (Å²) in [5.74, 6) is -0.190. The summed E-state index contributed by atoms with van der Waals surface area (Å²) in [6, 6.07) is 6.44. The third-order valence-electron chi connectivity index (χ3n) is 1.88. The predicted molar refractivity (Wildman–Crippen MR) is 61.7 cm³/mol. The molecule has 0 aromatic heterocycles. The molecular formula is C11H14O4S. The van der Waals surface area contributed by atoms with Crippen molar-refractivity contribution < 1.29 is 17.9 Å². The van der Waals surface area contributed by atoms with Gasteiger partial charge in [0.2, 0.25) is 0 Å². The molecule has 0 aliphatic carbocycles. The van der Waals surface area contributed by atoms with Gasteiger partial charge in [-0.05, 0) is 31.2 Å². The Morgan fingerprint density at radius 2 is 1.81 bits per heavy atom. The van der Waals surface area contributed by atoms with Crippen molar-refractivity contribution in [3.63, 3.8) is 0 Å². The summed E-state index contributed by atoms with van der Waals surface area (Å²) < 4.78 is 27.1. The molecule has 0 fully saturated rings. The second-order valence-electron chi connectivity index (χ2n) is 3.45. The Labute approximate surface area is 95.2 Å². The number of hydrogen-bond acceptors (Lipinski definition) is 4. The predicted octanol–water partition coefficient (Wildman–Crippen LogP) is 1.31. The van der Waals surface area contributed by atoms with E-state index in [-0.39, 0.29) is 0 Å². The normalized spacial score (nSPS) is 11.1. The van der Waals surface area contributed by atoms with Gasteiger partial charge in [-0.25, -0.2) is 8.42 Å². The molecule has 0 bridgehead atoms. The summed E-state index contributed by atoms with van der Waals surface area (Å²) in [5.41, 5.74) is 0.383. The molecule has 0 heterocycles. The molecule has 1 aromatic carbocycles. The van der Waals surface area contributed by atoms with Crippen LogP contribution in [0.4, 0.5) is 0 Å². The zero-order valence-electron chi connectivity index (χ0n) is 9.26. The van der Waals surface area contributed by atoms with E-state index in [2.05, 4.69) is 0 Å². The molecular weight excluding hydrogens is 228 g/mol. The van der Waals surface area contributed by atoms with E-state index in [1.165, 1.54) is 0 Å². The van der Waals surface area contributed by atoms with Crippen molar-refractivity contribution in [2.24, 2.45) is 0 Å². The van der Waals surface area contributed by atoms with Crippen LogP contribution in [-0.4, -0.2) is 32.8 Å². The van der Waals surface area contributed by atoms with Crippen molar-refractivity contribution in [2.75, 3.05) is 18.6 Å². The lowest BCUT2D eigenvalue weighted by atomic mass is 10.1. The van der Waals surface area contributed by atoms with Crippen molar-refractivity contribution >= 4 is 15.6 Å². The van der Waals surface area contributed by atoms with Gasteiger partial charge < -0.3 is 4.74 Å². The molecule has 0 unspecified atom stereocenters. The van der Waals surface area contributed by atoms with Gasteiger partial charge in [-0.15, -0.1) is 0 Å². The van der Waals surface area contributed by atoms with Crippen LogP contribution < -0.4 is 4.74 Å². The van der Waals surface area contributed by atoms with Crippen LogP contribution in [0.15, 0.2) is 24.3 Å². The number of ketones is 1. The van der Waals surface area contributed by atoms with Gasteiger partial charge in [0.25, 0.3) is 0 Å². The summed E-state index contributed by atoms with van der Waals surface area (Å²) in [6.07, 6.45) is 1.04. The molecule has 4 nitrogen and oxygen atoms in total. The minimum atomic E-state index is -3.27. The van der Waals surface area contributed by atoms with Gasteiger partial charge in [0.1, 0.15) is 11.5 Å². The monoisotopic (exact) mass is 242 g/mol. The average Bonchev–Trinajstić information content (AvgIpc) is 2.16. The largest absolute Gasteiger partial charge is 0.494 e. The Morgan fingerprint density at radius 3 is 2.25 bits per heavy atom. The number of rotatable bonds is 5. The minimum absolute atomic E-state index is 0.383. The Hall–Kier alpha value is -1.36. The van der Waals surface area contributed by atoms with Crippen LogP contribution in [0.2, 0.25) is 0 Å². The van der Waals surface area contributed by atoms with Crippen molar-refractivity contribution in [3.05, 3.63) is 29.8 Å². The van der Waals surface area contributed by atoms with Crippen molar-refractivity contribution in [1.29, 1.82) is 0 Å². The van der Waals surface area contributed by atoms with Crippen LogP contribution in [0.3, 0.4) is 0 Å². The minimum Gasteiger partial charge on any atom is -0.494 e. The van der Waals surface area contributed by atoms with Gasteiger partial charge in [0.15, 0.2) is 15.6 Å². The maximum atomic E-state index is 11.5. The van der Waals surface area contributed by atoms with Gasteiger partial charge in [-0.1, -0.05) is 0 Å². The Bertz CT molecular complexity index is 459. The molecule has 88 valence electrons. The average molecular weight is 242 g/mol. The zero-order chi connectivity index (χ0) is 12.2. The Kier molecular flexibility index (Phi) is 4.06. The second kappa shape index (κ2) is 5.12. The highest BCUT2D eigenvalue weighted by Gasteiger charge is 2.12. The maximum absolute atomic E-state index is 11.5. The van der Waals surface area contributed by atoms with Crippen LogP contribution >= 0.6 is 0 Å². The number of carbonyl (C=O) groups is 1. The number of hydrogen-bond donors (Lipinski definition) is 0. The van der Waals surface area contributed by atoms with Gasteiger partial charge >= 0.3 is 0 Å². The van der Waals surface area contributed by atoms with E-state index in [0.717, 1.165) is 6.26 Å². The van der Waals surface area contributed by atoms with E-state index >= 15 is 0 Å². The lowest BCUT2D eigenvalue weighted by molar-refractivity contribution is 0.102. The fourth-order valence-corrected chi connectivity index (χ4v) is 1.87. The first-order valence-electron chi connectivity index (χ1n) is 4.86. The SMILES string of the molecule is CCOc1ccc(C(=O)CS(C)(=O)=O)cc1. The van der Waals surface area contributed by atoms with E-state index in [0.29, 0.717) is 17.9 Å². The lowest BCUT2D eigenvalue weighted by Crippen LogP contribution is -2.14. The van der Waals surface area contributed by atoms with E-state index in [1.54, 1.807) is 24.3 Å². The van der Waals surface area contributed by atoms with Gasteiger partial charge in [0.05, 0.1) is 6.61 Å². The third-order valence-corrected chi connectivity index (χ3v) is 2.67. The van der Waals surface area contributed by atoms with Crippen LogP contribution in [0, 0.1) is 0 Å². The molecule has 0 N–H and O–H groups in total. The summed E-state index contributed by atoms with van der Waals surface area (Å²) >= 11 is 0. The van der Waals surface area contributed by atoms with E-state index in [4.69, 9.17) is 4.74 Å². The van der Waals surface area contributed by atoms with Crippen LogP contribution in [-0.2, 0) is 9.84 Å². The Morgan fingerprint density at radius 1 is 1.25 bits per heavy atom. The molecule has 0 amide bonds. The first kappa shape index (κ1) is 12.7. The molecule has 0 aliphatic rings. The van der Waals surface area contributed by atoms with E-state index in [1.807, 2.05) is 6.92 Å². The molecule has 16 heavy (non-hydrogen) atoms. The summed E-state index contributed by atoms with van der Waals surface area (Å²) in [6.45, 7) is 2.42. The van der Waals surface area contributed by atoms with Crippen molar-refractivity contribution in [1.82, 2.24) is 0 Å². The topological polar surface area (TPSA) is 60.4 Å². The van der Waals surface area contributed by atoms with Crippen LogP contribution in [0.5, 0.6) is 5.75 Å². The van der Waals surface area contributed by atoms with Crippen LogP contribution in [0.1, 0.15) is 17.3 Å². The second-order valence-corrected chi connectivity index (χ2v) is 5.59. The number of ether oxygens (including phenoxy) is 1. The molecule has 0 aliphatic heterocycles. The first-order chi connectivity index (χ1) is 7.42. The van der Waals surface area contributed by atoms with E-state index in [9.17, 15) is 13.2 Å².